The van der Waals surface area contributed by atoms with Crippen LogP contribution in [0.5, 0.6) is 17.2 Å². The zero-order valence-electron chi connectivity index (χ0n) is 17.8. The van der Waals surface area contributed by atoms with E-state index >= 15 is 0 Å². The normalized spacial score (nSPS) is 17.7. The second-order valence-corrected chi connectivity index (χ2v) is 6.97. The van der Waals surface area contributed by atoms with Crippen LogP contribution in [0.15, 0.2) is 48.0 Å². The van der Waals surface area contributed by atoms with Crippen molar-refractivity contribution in [3.05, 3.63) is 59.2 Å². The fourth-order valence-corrected chi connectivity index (χ4v) is 3.64. The fraction of sp³-hybridized carbons (Fsp3) is 0.304. The number of ether oxygens (including phenoxy) is 3. The molecule has 2 aromatic carbocycles. The van der Waals surface area contributed by atoms with E-state index in [1.54, 1.807) is 42.5 Å². The van der Waals surface area contributed by atoms with Gasteiger partial charge in [-0.05, 0) is 49.4 Å². The Balaban J connectivity index is 2.19. The lowest BCUT2D eigenvalue weighted by Gasteiger charge is -2.26. The molecule has 8 heteroatoms. The van der Waals surface area contributed by atoms with E-state index in [0.29, 0.717) is 41.3 Å². The van der Waals surface area contributed by atoms with Gasteiger partial charge in [-0.1, -0.05) is 0 Å². The van der Waals surface area contributed by atoms with Crippen molar-refractivity contribution in [3.63, 3.8) is 0 Å². The highest BCUT2D eigenvalue weighted by molar-refractivity contribution is 6.46. The van der Waals surface area contributed by atoms with Gasteiger partial charge in [-0.15, -0.1) is 0 Å². The van der Waals surface area contributed by atoms with Gasteiger partial charge in [-0.2, -0.15) is 0 Å². The number of aliphatic hydroxyl groups excluding tert-OH is 1. The van der Waals surface area contributed by atoms with Crippen molar-refractivity contribution < 1.29 is 28.9 Å². The second kappa shape index (κ2) is 9.53. The van der Waals surface area contributed by atoms with Crippen LogP contribution in [0.3, 0.4) is 0 Å². The Bertz CT molecular complexity index is 1000. The highest BCUT2D eigenvalue weighted by Gasteiger charge is 2.46. The van der Waals surface area contributed by atoms with Gasteiger partial charge in [0, 0.05) is 23.7 Å². The number of carbonyl (C=O) groups is 2. The van der Waals surface area contributed by atoms with Crippen LogP contribution in [-0.2, 0) is 9.59 Å². The van der Waals surface area contributed by atoms with E-state index in [4.69, 9.17) is 19.9 Å². The molecule has 1 fully saturated rings. The molecule has 0 bridgehead atoms. The Morgan fingerprint density at radius 3 is 2.23 bits per heavy atom. The first-order valence-electron chi connectivity index (χ1n) is 9.81. The summed E-state index contributed by atoms with van der Waals surface area (Å²) in [6.07, 6.45) is 0.505. The predicted molar refractivity (Wildman–Crippen MR) is 115 cm³/mol. The first kappa shape index (κ1) is 22.2. The van der Waals surface area contributed by atoms with Gasteiger partial charge in [0.25, 0.3) is 11.7 Å². The fourth-order valence-electron chi connectivity index (χ4n) is 3.64. The zero-order valence-corrected chi connectivity index (χ0v) is 17.8. The van der Waals surface area contributed by atoms with Gasteiger partial charge in [0.05, 0.1) is 32.9 Å². The molecule has 2 aromatic rings. The van der Waals surface area contributed by atoms with Gasteiger partial charge < -0.3 is 30.0 Å². The van der Waals surface area contributed by atoms with E-state index in [-0.39, 0.29) is 17.9 Å². The summed E-state index contributed by atoms with van der Waals surface area (Å²) in [7, 11) is 4.56. The average Bonchev–Trinajstić information content (AvgIpc) is 3.06. The lowest BCUT2D eigenvalue weighted by Crippen LogP contribution is -2.31. The Morgan fingerprint density at radius 1 is 1.00 bits per heavy atom. The molecule has 0 spiro atoms. The van der Waals surface area contributed by atoms with Gasteiger partial charge in [-0.3, -0.25) is 9.59 Å². The summed E-state index contributed by atoms with van der Waals surface area (Å²) in [5.41, 5.74) is 6.60. The quantitative estimate of drug-likeness (QED) is 0.379. The number of nitrogens with two attached hydrogens (primary N) is 1. The minimum absolute atomic E-state index is 0.00402. The topological polar surface area (TPSA) is 111 Å². The third-order valence-electron chi connectivity index (χ3n) is 5.24. The van der Waals surface area contributed by atoms with E-state index in [1.165, 1.54) is 26.2 Å². The summed E-state index contributed by atoms with van der Waals surface area (Å²) >= 11 is 0. The first-order valence-corrected chi connectivity index (χ1v) is 9.81. The summed E-state index contributed by atoms with van der Waals surface area (Å²) in [4.78, 5) is 27.3. The van der Waals surface area contributed by atoms with E-state index in [1.807, 2.05) is 0 Å². The molecule has 0 aromatic heterocycles. The lowest BCUT2D eigenvalue weighted by atomic mass is 9.94. The number of hydrogen-bond acceptors (Lipinski definition) is 7. The summed E-state index contributed by atoms with van der Waals surface area (Å²) in [5.74, 6) is -0.105. The molecule has 1 saturated heterocycles. The molecule has 1 atom stereocenters. The van der Waals surface area contributed by atoms with Crippen LogP contribution in [-0.4, -0.2) is 56.1 Å². The summed E-state index contributed by atoms with van der Waals surface area (Å²) in [6, 6.07) is 10.9. The van der Waals surface area contributed by atoms with Gasteiger partial charge >= 0.3 is 0 Å². The van der Waals surface area contributed by atoms with Crippen LogP contribution in [0, 0.1) is 0 Å². The van der Waals surface area contributed by atoms with Crippen molar-refractivity contribution in [3.8, 4) is 17.2 Å². The second-order valence-electron chi connectivity index (χ2n) is 6.97. The van der Waals surface area contributed by atoms with Crippen LogP contribution in [0.2, 0.25) is 0 Å². The van der Waals surface area contributed by atoms with Gasteiger partial charge in [-0.25, -0.2) is 0 Å². The SMILES string of the molecule is COc1ccc(/C(O)=C2/C(=O)C(=O)N(CCCN)C2c2ccc(OC)cc2OC)cc1. The van der Waals surface area contributed by atoms with Gasteiger partial charge in [0.1, 0.15) is 23.0 Å². The van der Waals surface area contributed by atoms with Gasteiger partial charge in [0.2, 0.25) is 0 Å². The molecule has 1 amide bonds. The number of hydrogen-bond donors (Lipinski definition) is 2. The van der Waals surface area contributed by atoms with Crippen molar-refractivity contribution in [2.45, 2.75) is 12.5 Å². The molecular formula is C23H26N2O6. The van der Waals surface area contributed by atoms with Crippen molar-refractivity contribution in [1.29, 1.82) is 0 Å². The van der Waals surface area contributed by atoms with E-state index in [0.717, 1.165) is 0 Å². The Morgan fingerprint density at radius 2 is 1.65 bits per heavy atom. The number of Topliss-reactive ketones (excluding diaryl/α,β-unsaturated/α-hetero) is 1. The van der Waals surface area contributed by atoms with E-state index in [9.17, 15) is 14.7 Å². The maximum absolute atomic E-state index is 13.0. The van der Waals surface area contributed by atoms with Crippen LogP contribution >= 0.6 is 0 Å². The smallest absolute Gasteiger partial charge is 0.295 e. The molecule has 0 radical (unpaired) electrons. The Hall–Kier alpha value is -3.52. The van der Waals surface area contributed by atoms with Crippen molar-refractivity contribution in [1.82, 2.24) is 4.90 Å². The zero-order chi connectivity index (χ0) is 22.5. The molecule has 0 aliphatic carbocycles. The highest BCUT2D eigenvalue weighted by atomic mass is 16.5. The largest absolute Gasteiger partial charge is 0.507 e. The molecular weight excluding hydrogens is 400 g/mol. The van der Waals surface area contributed by atoms with E-state index in [2.05, 4.69) is 0 Å². The maximum atomic E-state index is 13.0. The third kappa shape index (κ3) is 4.20. The molecule has 164 valence electrons. The van der Waals surface area contributed by atoms with Crippen LogP contribution in [0.25, 0.3) is 5.76 Å². The lowest BCUT2D eigenvalue weighted by molar-refractivity contribution is -0.139. The summed E-state index contributed by atoms with van der Waals surface area (Å²) < 4.78 is 15.9. The first-order chi connectivity index (χ1) is 15.0. The number of nitrogens with zero attached hydrogens (tertiary/aromatic N) is 1. The summed E-state index contributed by atoms with van der Waals surface area (Å²) in [6.45, 7) is 0.619. The monoisotopic (exact) mass is 426 g/mol. The minimum Gasteiger partial charge on any atom is -0.507 e. The number of benzene rings is 2. The molecule has 1 aliphatic rings. The molecule has 1 heterocycles. The number of aliphatic hydroxyl groups is 1. The predicted octanol–water partition coefficient (Wildman–Crippen LogP) is 2.48. The van der Waals surface area contributed by atoms with Crippen LogP contribution in [0.4, 0.5) is 0 Å². The molecule has 3 N–H and O–H groups in total. The Kier molecular flexibility index (Phi) is 6.81. The molecule has 8 nitrogen and oxygen atoms in total. The molecule has 31 heavy (non-hydrogen) atoms. The summed E-state index contributed by atoms with van der Waals surface area (Å²) in [5, 5.41) is 11.1. The number of carbonyl (C=O) groups excluding carboxylic acids is 2. The van der Waals surface area contributed by atoms with Crippen molar-refractivity contribution in [2.24, 2.45) is 5.73 Å². The van der Waals surface area contributed by atoms with Crippen molar-refractivity contribution >= 4 is 17.4 Å². The molecule has 3 rings (SSSR count). The number of likely N-dealkylation sites (tertiary alicyclic amines) is 1. The molecule has 1 aliphatic heterocycles. The Labute approximate surface area is 180 Å². The minimum atomic E-state index is -0.825. The number of rotatable bonds is 8. The highest BCUT2D eigenvalue weighted by Crippen LogP contribution is 2.43. The van der Waals surface area contributed by atoms with Crippen LogP contribution < -0.4 is 19.9 Å². The molecule has 0 saturated carbocycles. The van der Waals surface area contributed by atoms with E-state index < -0.39 is 17.7 Å². The molecule has 1 unspecified atom stereocenters. The maximum Gasteiger partial charge on any atom is 0.295 e. The van der Waals surface area contributed by atoms with Gasteiger partial charge in [0.15, 0.2) is 0 Å². The van der Waals surface area contributed by atoms with Crippen LogP contribution in [0.1, 0.15) is 23.6 Å². The average molecular weight is 426 g/mol. The third-order valence-corrected chi connectivity index (χ3v) is 5.24. The number of ketones is 1. The standard InChI is InChI=1S/C23H26N2O6/c1-29-15-7-5-14(6-8-15)21(26)19-20(25(12-4-11-24)23(28)22(19)27)17-10-9-16(30-2)13-18(17)31-3/h5-10,13,20,26H,4,11-12,24H2,1-3H3/b21-19-. The van der Waals surface area contributed by atoms with Crippen molar-refractivity contribution in [2.75, 3.05) is 34.4 Å². The number of amides is 1. The number of methoxy groups -OCH3 is 3.